The van der Waals surface area contributed by atoms with Crippen molar-refractivity contribution in [3.8, 4) is 5.69 Å². The second kappa shape index (κ2) is 6.70. The van der Waals surface area contributed by atoms with E-state index in [-0.39, 0.29) is 11.9 Å². The van der Waals surface area contributed by atoms with Crippen molar-refractivity contribution in [2.75, 3.05) is 0 Å². The van der Waals surface area contributed by atoms with E-state index < -0.39 is 0 Å². The molecule has 0 spiro atoms. The molecule has 0 saturated heterocycles. The number of rotatable bonds is 5. The molecule has 116 valence electrons. The van der Waals surface area contributed by atoms with Gasteiger partial charge in [0, 0.05) is 19.0 Å². The normalized spacial score (nSPS) is 21.0. The summed E-state index contributed by atoms with van der Waals surface area (Å²) in [5, 5.41) is 7.08. The van der Waals surface area contributed by atoms with Gasteiger partial charge >= 0.3 is 0 Å². The number of nitrogens with two attached hydrogens (primary N) is 1. The molecule has 2 atom stereocenters. The SMILES string of the molecule is N[C@@H]1CCC[C@H]1CC(=O)NCc1cccc(-n2cncn2)c1. The van der Waals surface area contributed by atoms with Crippen LogP contribution in [-0.2, 0) is 11.3 Å². The zero-order valence-corrected chi connectivity index (χ0v) is 12.5. The predicted octanol–water partition coefficient (Wildman–Crippen LogP) is 1.40. The Hall–Kier alpha value is -2.21. The Morgan fingerprint density at radius 3 is 3.05 bits per heavy atom. The molecule has 1 saturated carbocycles. The van der Waals surface area contributed by atoms with Crippen molar-refractivity contribution in [2.45, 2.75) is 38.3 Å². The minimum atomic E-state index is 0.0773. The highest BCUT2D eigenvalue weighted by Gasteiger charge is 2.25. The van der Waals surface area contributed by atoms with Gasteiger partial charge in [0.25, 0.3) is 0 Å². The average Bonchev–Trinajstić information content (AvgIpc) is 3.18. The number of hydrogen-bond donors (Lipinski definition) is 2. The smallest absolute Gasteiger partial charge is 0.220 e. The number of benzene rings is 1. The summed E-state index contributed by atoms with van der Waals surface area (Å²) >= 11 is 0. The van der Waals surface area contributed by atoms with E-state index in [9.17, 15) is 4.79 Å². The van der Waals surface area contributed by atoms with Crippen molar-refractivity contribution >= 4 is 5.91 Å². The van der Waals surface area contributed by atoms with Crippen molar-refractivity contribution < 1.29 is 4.79 Å². The summed E-state index contributed by atoms with van der Waals surface area (Å²) in [5.74, 6) is 0.412. The Balaban J connectivity index is 1.55. The third-order valence-corrected chi connectivity index (χ3v) is 4.25. The fourth-order valence-corrected chi connectivity index (χ4v) is 2.98. The van der Waals surface area contributed by atoms with Crippen LogP contribution in [0, 0.1) is 5.92 Å². The topological polar surface area (TPSA) is 85.8 Å². The zero-order chi connectivity index (χ0) is 15.4. The molecule has 1 aromatic carbocycles. The molecule has 3 N–H and O–H groups in total. The molecule has 1 aliphatic carbocycles. The molecule has 1 aliphatic rings. The first-order chi connectivity index (χ1) is 10.7. The van der Waals surface area contributed by atoms with Gasteiger partial charge < -0.3 is 11.1 Å². The maximum Gasteiger partial charge on any atom is 0.220 e. The van der Waals surface area contributed by atoms with Crippen molar-refractivity contribution in [3.63, 3.8) is 0 Å². The molecular formula is C16H21N5O. The lowest BCUT2D eigenvalue weighted by Gasteiger charge is -2.15. The summed E-state index contributed by atoms with van der Waals surface area (Å²) in [5.41, 5.74) is 7.98. The van der Waals surface area contributed by atoms with Gasteiger partial charge in [-0.3, -0.25) is 4.79 Å². The van der Waals surface area contributed by atoms with Crippen LogP contribution in [0.3, 0.4) is 0 Å². The second-order valence-corrected chi connectivity index (χ2v) is 5.85. The Morgan fingerprint density at radius 1 is 1.41 bits per heavy atom. The first-order valence-corrected chi connectivity index (χ1v) is 7.68. The molecule has 1 heterocycles. The lowest BCUT2D eigenvalue weighted by molar-refractivity contribution is -0.122. The van der Waals surface area contributed by atoms with Gasteiger partial charge in [0.15, 0.2) is 0 Å². The number of aromatic nitrogens is 3. The monoisotopic (exact) mass is 299 g/mol. The van der Waals surface area contributed by atoms with Gasteiger partial charge in [-0.25, -0.2) is 9.67 Å². The van der Waals surface area contributed by atoms with E-state index in [4.69, 9.17) is 5.73 Å². The van der Waals surface area contributed by atoms with Gasteiger partial charge in [-0.05, 0) is 36.5 Å². The van der Waals surface area contributed by atoms with Crippen LogP contribution >= 0.6 is 0 Å². The highest BCUT2D eigenvalue weighted by molar-refractivity contribution is 5.76. The van der Waals surface area contributed by atoms with Gasteiger partial charge in [-0.1, -0.05) is 18.6 Å². The number of carbonyl (C=O) groups excluding carboxylic acids is 1. The second-order valence-electron chi connectivity index (χ2n) is 5.85. The molecule has 0 unspecified atom stereocenters. The minimum absolute atomic E-state index is 0.0773. The summed E-state index contributed by atoms with van der Waals surface area (Å²) in [4.78, 5) is 16.0. The van der Waals surface area contributed by atoms with E-state index in [1.165, 1.54) is 6.33 Å². The van der Waals surface area contributed by atoms with Crippen LogP contribution in [0.2, 0.25) is 0 Å². The molecule has 6 heteroatoms. The molecule has 3 rings (SSSR count). The molecule has 22 heavy (non-hydrogen) atoms. The van der Waals surface area contributed by atoms with E-state index in [1.54, 1.807) is 11.0 Å². The number of hydrogen-bond acceptors (Lipinski definition) is 4. The molecular weight excluding hydrogens is 278 g/mol. The summed E-state index contributed by atoms with van der Waals surface area (Å²) in [6.07, 6.45) is 6.93. The first kappa shape index (κ1) is 14.7. The predicted molar refractivity (Wildman–Crippen MR) is 83.1 cm³/mol. The van der Waals surface area contributed by atoms with E-state index in [1.807, 2.05) is 24.3 Å². The van der Waals surface area contributed by atoms with Crippen molar-refractivity contribution in [1.29, 1.82) is 0 Å². The summed E-state index contributed by atoms with van der Waals surface area (Å²) in [7, 11) is 0. The lowest BCUT2D eigenvalue weighted by atomic mass is 10.00. The summed E-state index contributed by atoms with van der Waals surface area (Å²) in [6, 6.07) is 8.07. The van der Waals surface area contributed by atoms with Gasteiger partial charge in [0.05, 0.1) is 5.69 Å². The van der Waals surface area contributed by atoms with Crippen LogP contribution in [0.1, 0.15) is 31.2 Å². The highest BCUT2D eigenvalue weighted by atomic mass is 16.1. The largest absolute Gasteiger partial charge is 0.352 e. The summed E-state index contributed by atoms with van der Waals surface area (Å²) in [6.45, 7) is 0.517. The Kier molecular flexibility index (Phi) is 4.48. The van der Waals surface area contributed by atoms with Crippen LogP contribution in [0.15, 0.2) is 36.9 Å². The molecule has 0 aliphatic heterocycles. The molecule has 0 bridgehead atoms. The standard InChI is InChI=1S/C16H21N5O/c17-15-6-2-4-13(15)8-16(22)19-9-12-3-1-5-14(7-12)21-11-18-10-20-21/h1,3,5,7,10-11,13,15H,2,4,6,8-9,17H2,(H,19,22)/t13-,15+/m0/s1. The van der Waals surface area contributed by atoms with Crippen molar-refractivity contribution in [3.05, 3.63) is 42.5 Å². The number of nitrogens with zero attached hydrogens (tertiary/aromatic N) is 3. The lowest BCUT2D eigenvalue weighted by Crippen LogP contribution is -2.31. The zero-order valence-electron chi connectivity index (χ0n) is 12.5. The van der Waals surface area contributed by atoms with Gasteiger partial charge in [0.1, 0.15) is 12.7 Å². The Bertz CT molecular complexity index is 625. The maximum absolute atomic E-state index is 12.0. The fourth-order valence-electron chi connectivity index (χ4n) is 2.98. The molecule has 1 aromatic heterocycles. The van der Waals surface area contributed by atoms with Crippen LogP contribution in [-0.4, -0.2) is 26.7 Å². The maximum atomic E-state index is 12.0. The molecule has 1 amide bonds. The van der Waals surface area contributed by atoms with Crippen molar-refractivity contribution in [2.24, 2.45) is 11.7 Å². The van der Waals surface area contributed by atoms with Gasteiger partial charge in [0.2, 0.25) is 5.91 Å². The fraction of sp³-hybridized carbons (Fsp3) is 0.438. The van der Waals surface area contributed by atoms with Crippen molar-refractivity contribution in [1.82, 2.24) is 20.1 Å². The summed E-state index contributed by atoms with van der Waals surface area (Å²) < 4.78 is 1.70. The Morgan fingerprint density at radius 2 is 2.32 bits per heavy atom. The molecule has 1 fully saturated rings. The van der Waals surface area contributed by atoms with Gasteiger partial charge in [-0.15, -0.1) is 0 Å². The van der Waals surface area contributed by atoms with Crippen LogP contribution in [0.4, 0.5) is 0 Å². The number of amides is 1. The van der Waals surface area contributed by atoms with Gasteiger partial charge in [-0.2, -0.15) is 5.10 Å². The third-order valence-electron chi connectivity index (χ3n) is 4.25. The van der Waals surface area contributed by atoms with E-state index in [0.29, 0.717) is 18.9 Å². The molecule has 0 radical (unpaired) electrons. The molecule has 2 aromatic rings. The minimum Gasteiger partial charge on any atom is -0.352 e. The quantitative estimate of drug-likeness (QED) is 0.874. The first-order valence-electron chi connectivity index (χ1n) is 7.68. The van der Waals surface area contributed by atoms with Crippen LogP contribution in [0.5, 0.6) is 0 Å². The number of carbonyl (C=O) groups is 1. The third kappa shape index (κ3) is 3.51. The molecule has 6 nitrogen and oxygen atoms in total. The van der Waals surface area contributed by atoms with E-state index >= 15 is 0 Å². The van der Waals surface area contributed by atoms with E-state index in [2.05, 4.69) is 15.4 Å². The average molecular weight is 299 g/mol. The van der Waals surface area contributed by atoms with Crippen LogP contribution in [0.25, 0.3) is 5.69 Å². The Labute approximate surface area is 129 Å². The van der Waals surface area contributed by atoms with E-state index in [0.717, 1.165) is 30.5 Å². The highest BCUT2D eigenvalue weighted by Crippen LogP contribution is 2.26. The van der Waals surface area contributed by atoms with Crippen LogP contribution < -0.4 is 11.1 Å². The number of nitrogens with one attached hydrogen (secondary N) is 1.